The molecule has 0 unspecified atom stereocenters. The number of halogens is 2. The van der Waals surface area contributed by atoms with E-state index in [1.807, 2.05) is 24.3 Å². The van der Waals surface area contributed by atoms with Gasteiger partial charge in [-0.25, -0.2) is 23.7 Å². The van der Waals surface area contributed by atoms with Gasteiger partial charge in [-0.05, 0) is 23.5 Å². The van der Waals surface area contributed by atoms with Crippen LogP contribution >= 0.6 is 0 Å². The Bertz CT molecular complexity index is 2250. The molecule has 0 aliphatic rings. The van der Waals surface area contributed by atoms with Crippen molar-refractivity contribution in [1.29, 1.82) is 0 Å². The molecule has 49 heavy (non-hydrogen) atoms. The molecule has 0 aliphatic carbocycles. The van der Waals surface area contributed by atoms with E-state index >= 15 is 0 Å². The van der Waals surface area contributed by atoms with Gasteiger partial charge in [0.05, 0.1) is 0 Å². The van der Waals surface area contributed by atoms with Crippen molar-refractivity contribution in [3.63, 3.8) is 0 Å². The number of pyridine rings is 2. The van der Waals surface area contributed by atoms with Gasteiger partial charge in [-0.2, -0.15) is 22.9 Å². The Morgan fingerprint density at radius 1 is 0.531 bits per heavy atom. The molecule has 8 aromatic rings. The van der Waals surface area contributed by atoms with Crippen molar-refractivity contribution in [2.24, 2.45) is 0 Å². The largest absolute Gasteiger partial charge is 2.00 e. The topological polar surface area (TPSA) is 87.8 Å². The molecule has 12 heteroatoms. The van der Waals surface area contributed by atoms with E-state index in [1.165, 1.54) is 36.9 Å². The van der Waals surface area contributed by atoms with Gasteiger partial charge in [-0.1, -0.05) is 59.6 Å². The Morgan fingerprint density at radius 2 is 1.02 bits per heavy atom. The molecule has 0 fully saturated rings. The Balaban J connectivity index is 0.00000208. The van der Waals surface area contributed by atoms with Crippen LogP contribution in [0.25, 0.3) is 50.3 Å². The van der Waals surface area contributed by atoms with Crippen molar-refractivity contribution in [3.8, 4) is 51.5 Å². The second-order valence-corrected chi connectivity index (χ2v) is 10.2. The normalized spacial score (nSPS) is 10.7. The first-order chi connectivity index (χ1) is 23.1. The second kappa shape index (κ2) is 14.5. The minimum absolute atomic E-state index is 0. The van der Waals surface area contributed by atoms with E-state index in [0.29, 0.717) is 51.0 Å². The third-order valence-corrected chi connectivity index (χ3v) is 7.15. The van der Waals surface area contributed by atoms with Gasteiger partial charge in [0, 0.05) is 47.0 Å². The summed E-state index contributed by atoms with van der Waals surface area (Å²) in [6.07, 6.45) is 6.00. The maximum atomic E-state index is 14.6. The summed E-state index contributed by atoms with van der Waals surface area (Å²) >= 11 is 0. The first kappa shape index (κ1) is 33.7. The third kappa shape index (κ3) is 7.02. The van der Waals surface area contributed by atoms with E-state index < -0.39 is 11.6 Å². The average Bonchev–Trinajstić information content (AvgIpc) is 3.41. The molecule has 0 saturated carbocycles. The number of rotatable bonds is 7. The molecular weight excluding hydrogens is 989 g/mol. The van der Waals surface area contributed by atoms with Crippen LogP contribution < -0.4 is 9.47 Å². The SMILES string of the molecule is Fc1cc(Oc2[c-]c3c(cc2)c2ccc(Oc4[c-]c(-c5ccccn5)cc(F)c4)[c-]c2n3-c2ncncn2)[c-]c(-c2ccccn2)c1.[Pt+2].[Pt+2]. The van der Waals surface area contributed by atoms with E-state index in [0.717, 1.165) is 10.8 Å². The predicted molar refractivity (Wildman–Crippen MR) is 169 cm³/mol. The van der Waals surface area contributed by atoms with Crippen molar-refractivity contribution in [3.05, 3.63) is 146 Å². The summed E-state index contributed by atoms with van der Waals surface area (Å²) in [5, 5.41) is 1.59. The van der Waals surface area contributed by atoms with Crippen LogP contribution in [0.4, 0.5) is 8.78 Å². The fourth-order valence-corrected chi connectivity index (χ4v) is 5.18. The van der Waals surface area contributed by atoms with Gasteiger partial charge in [0.1, 0.15) is 12.7 Å². The summed E-state index contributed by atoms with van der Waals surface area (Å²) < 4.78 is 43.1. The van der Waals surface area contributed by atoms with Crippen LogP contribution in [-0.2, 0) is 42.1 Å². The van der Waals surface area contributed by atoms with E-state index in [1.54, 1.807) is 53.4 Å². The average molecular weight is 1010 g/mol. The van der Waals surface area contributed by atoms with E-state index in [-0.39, 0.29) is 53.6 Å². The summed E-state index contributed by atoms with van der Waals surface area (Å²) in [5.74, 6) is 0.223. The van der Waals surface area contributed by atoms with Crippen molar-refractivity contribution in [2.45, 2.75) is 0 Å². The Labute approximate surface area is 307 Å². The van der Waals surface area contributed by atoms with E-state index in [2.05, 4.69) is 49.2 Å². The Morgan fingerprint density at radius 3 is 1.47 bits per heavy atom. The number of ether oxygens (including phenoxy) is 2. The Hall–Kier alpha value is -5.17. The smallest absolute Gasteiger partial charge is 0.503 e. The molecular formula is C37H18F2N6O2Pt2. The van der Waals surface area contributed by atoms with Crippen molar-refractivity contribution in [2.75, 3.05) is 0 Å². The fourth-order valence-electron chi connectivity index (χ4n) is 5.18. The molecule has 0 atom stereocenters. The van der Waals surface area contributed by atoms with Crippen LogP contribution in [0.1, 0.15) is 0 Å². The van der Waals surface area contributed by atoms with Crippen LogP contribution in [-0.4, -0.2) is 29.5 Å². The number of benzene rings is 4. The van der Waals surface area contributed by atoms with Gasteiger partial charge in [0.2, 0.25) is 5.95 Å². The first-order valence-electron chi connectivity index (χ1n) is 14.3. The minimum atomic E-state index is -0.496. The number of hydrogen-bond donors (Lipinski definition) is 0. The maximum Gasteiger partial charge on any atom is 2.00 e. The minimum Gasteiger partial charge on any atom is -0.503 e. The number of hydrogen-bond acceptors (Lipinski definition) is 7. The molecule has 4 heterocycles. The molecule has 0 aliphatic heterocycles. The number of nitrogens with zero attached hydrogens (tertiary/aromatic N) is 6. The van der Waals surface area contributed by atoms with Gasteiger partial charge >= 0.3 is 42.1 Å². The van der Waals surface area contributed by atoms with Crippen LogP contribution in [0.3, 0.4) is 0 Å². The van der Waals surface area contributed by atoms with Gasteiger partial charge in [0.25, 0.3) is 0 Å². The molecule has 0 bridgehead atoms. The zero-order valence-corrected chi connectivity index (χ0v) is 29.3. The number of aromatic nitrogens is 6. The predicted octanol–water partition coefficient (Wildman–Crippen LogP) is 8.15. The van der Waals surface area contributed by atoms with Crippen LogP contribution in [0, 0.1) is 35.9 Å². The molecule has 0 saturated heterocycles. The standard InChI is InChI=1S/C37H18F2N6O2.2Pt/c38-25-13-23(33-5-1-3-11-41-33)15-29(17-25)46-27-7-9-31-32-10-8-28(20-36(32)45(35(31)19-27)37-43-21-40-22-44-37)47-30-16-24(14-26(39)18-30)34-6-2-4-12-42-34;;/h1-14,17-18,21-22H;;/q-4;2*+2. The van der Waals surface area contributed by atoms with E-state index in [4.69, 9.17) is 9.47 Å². The van der Waals surface area contributed by atoms with Gasteiger partial charge in [-0.3, -0.25) is 0 Å². The van der Waals surface area contributed by atoms with Crippen LogP contribution in [0.2, 0.25) is 0 Å². The fraction of sp³-hybridized carbons (Fsp3) is 0. The van der Waals surface area contributed by atoms with Crippen LogP contribution in [0.15, 0.2) is 110 Å². The molecule has 0 radical (unpaired) electrons. The van der Waals surface area contributed by atoms with Crippen LogP contribution in [0.5, 0.6) is 23.0 Å². The second-order valence-electron chi connectivity index (χ2n) is 10.2. The molecule has 4 aromatic carbocycles. The summed E-state index contributed by atoms with van der Waals surface area (Å²) in [5.41, 5.74) is 3.14. The van der Waals surface area contributed by atoms with Gasteiger partial charge < -0.3 is 24.0 Å². The zero-order chi connectivity index (χ0) is 31.7. The van der Waals surface area contributed by atoms with Gasteiger partial charge in [-0.15, -0.1) is 47.5 Å². The quantitative estimate of drug-likeness (QED) is 0.149. The van der Waals surface area contributed by atoms with Crippen molar-refractivity contribution >= 4 is 21.8 Å². The molecule has 0 N–H and O–H groups in total. The summed E-state index contributed by atoms with van der Waals surface area (Å²) in [7, 11) is 0. The molecule has 8 nitrogen and oxygen atoms in total. The molecule has 0 spiro atoms. The summed E-state index contributed by atoms with van der Waals surface area (Å²) in [6, 6.07) is 35.7. The third-order valence-electron chi connectivity index (χ3n) is 7.15. The Kier molecular flexibility index (Phi) is 9.99. The zero-order valence-electron chi connectivity index (χ0n) is 24.8. The molecule has 4 aromatic heterocycles. The monoisotopic (exact) mass is 1010 g/mol. The first-order valence-corrected chi connectivity index (χ1v) is 14.3. The van der Waals surface area contributed by atoms with Gasteiger partial charge in [0.15, 0.2) is 0 Å². The maximum absolute atomic E-state index is 14.6. The number of fused-ring (bicyclic) bond motifs is 3. The summed E-state index contributed by atoms with van der Waals surface area (Å²) in [4.78, 5) is 21.2. The van der Waals surface area contributed by atoms with E-state index in [9.17, 15) is 8.78 Å². The molecule has 0 amide bonds. The van der Waals surface area contributed by atoms with Crippen molar-refractivity contribution < 1.29 is 60.4 Å². The summed E-state index contributed by atoms with van der Waals surface area (Å²) in [6.45, 7) is 0. The molecule has 242 valence electrons. The van der Waals surface area contributed by atoms with Crippen molar-refractivity contribution in [1.82, 2.24) is 29.5 Å². The molecule has 8 rings (SSSR count).